The van der Waals surface area contributed by atoms with Crippen LogP contribution in [0.3, 0.4) is 0 Å². The fourth-order valence-electron chi connectivity index (χ4n) is 13.1. The quantitative estimate of drug-likeness (QED) is 0.0444. The van der Waals surface area contributed by atoms with Crippen LogP contribution in [0.25, 0.3) is 117 Å². The summed E-state index contributed by atoms with van der Waals surface area (Å²) >= 11 is 0. The van der Waals surface area contributed by atoms with E-state index in [1.165, 1.54) is 41.0 Å². The zero-order valence-corrected chi connectivity index (χ0v) is 57.8. The van der Waals surface area contributed by atoms with Crippen LogP contribution in [-0.4, -0.2) is 22.2 Å². The lowest BCUT2D eigenvalue weighted by Crippen LogP contribution is -2.76. The summed E-state index contributed by atoms with van der Waals surface area (Å²) in [4.78, 5) is 4.74. The molecule has 0 bridgehead atoms. The zero-order chi connectivity index (χ0) is 107. The first-order valence-corrected chi connectivity index (χ1v) is 35.0. The number of aryl methyl sites for hydroxylation is 1. The number of para-hydroxylation sites is 1. The van der Waals surface area contributed by atoms with Crippen molar-refractivity contribution >= 4 is 61.7 Å². The molecule has 14 aromatic carbocycles. The van der Waals surface area contributed by atoms with Crippen LogP contribution in [0.1, 0.15) is 114 Å². The van der Waals surface area contributed by atoms with Gasteiger partial charge < -0.3 is 4.74 Å². The molecular weight excluding hydrogens is 1290 g/mol. The number of benzene rings is 14. The summed E-state index contributed by atoms with van der Waals surface area (Å²) in [6, 6.07) is -12.4. The van der Waals surface area contributed by atoms with Gasteiger partial charge in [0.15, 0.2) is 8.07 Å². The van der Waals surface area contributed by atoms with Gasteiger partial charge in [-0.3, -0.25) is 13.7 Å². The largest absolute Gasteiger partial charge is 0.458 e. The molecule has 5 nitrogen and oxygen atoms in total. The van der Waals surface area contributed by atoms with Crippen LogP contribution < -0.4 is 30.1 Å². The summed E-state index contributed by atoms with van der Waals surface area (Å²) in [6.07, 6.45) is 4.50. The van der Waals surface area contributed by atoms with Crippen molar-refractivity contribution in [1.29, 1.82) is 0 Å². The Kier molecular flexibility index (Phi) is 8.93. The first kappa shape index (κ1) is 34.7. The van der Waals surface area contributed by atoms with E-state index < -0.39 is 337 Å². The number of ether oxygens (including phenoxy) is 1. The molecular formula is C99H80N4OSi. The molecule has 0 fully saturated rings. The molecule has 17 aromatic rings. The van der Waals surface area contributed by atoms with Crippen molar-refractivity contribution in [3.63, 3.8) is 0 Å². The van der Waals surface area contributed by atoms with Gasteiger partial charge in [-0.05, 0) is 189 Å². The topological polar surface area (TPSA) is 35.9 Å². The van der Waals surface area contributed by atoms with Gasteiger partial charge in [0.1, 0.15) is 17.3 Å². The highest BCUT2D eigenvalue weighted by Crippen LogP contribution is 2.42. The standard InChI is InChI=1S/C99H80N4OSi/c1-68-54-96(100-66-90(68)72-38-21-11-22-39-72)103-91-49-30-29-48-87(91)88-52-51-83(65-93(88)103)104-82-41-31-40-81(64-82)101-67-102(92-53-50-73(61-94(92)101)76-58-79(98(2,3)4)63-80(59-76)99(5,6)7)97-89(78-56-74(69-32-15-8-16-33-69)55-75(57-78)70-34-17-9-18-35-70)60-77(71-36-19-10-20-37-71)62-95(97)105(84-42-23-12-24-43-84,85-44-25-13-26-45-85)86-46-27-14-28-47-86/h8-66H,1-7H3/i1D3,8D,9D,10D,11D,12D,13D,14D,15D,16D,17D,18D,19D,20D,21D,22D,23D,24D,25D,26D,27D,28D,32D,33D,34D,35D,36D,37D,38D,39D,42D,43D,44D,45D,46D,47D,55D,56D,57D. The molecule has 0 amide bonds. The highest BCUT2D eigenvalue weighted by Gasteiger charge is 2.44. The van der Waals surface area contributed by atoms with Crippen molar-refractivity contribution in [3.05, 3.63) is 380 Å². The van der Waals surface area contributed by atoms with Gasteiger partial charge in [-0.15, -0.1) is 0 Å². The fraction of sp³-hybridized carbons (Fsp3) is 0.0909. The van der Waals surface area contributed by atoms with E-state index in [0.717, 1.165) is 34.0 Å². The van der Waals surface area contributed by atoms with E-state index in [9.17, 15) is 41.1 Å². The molecule has 0 aliphatic heterocycles. The molecule has 17 rings (SSSR count). The van der Waals surface area contributed by atoms with Crippen LogP contribution in [0.5, 0.6) is 11.5 Å². The third-order valence-corrected chi connectivity index (χ3v) is 22.4. The minimum absolute atomic E-state index is 0.00935. The van der Waals surface area contributed by atoms with Crippen LogP contribution in [0.2, 0.25) is 0 Å². The van der Waals surface area contributed by atoms with Gasteiger partial charge in [0.2, 0.25) is 0 Å². The second-order valence-electron chi connectivity index (χ2n) is 26.7. The number of pyridine rings is 1. The van der Waals surface area contributed by atoms with Crippen LogP contribution >= 0.6 is 0 Å². The molecule has 3 aromatic heterocycles. The maximum Gasteiger partial charge on any atom is 0.269 e. The lowest BCUT2D eigenvalue weighted by atomic mass is 9.79. The molecule has 0 aliphatic rings. The van der Waals surface area contributed by atoms with E-state index in [1.807, 2.05) is 59.7 Å². The van der Waals surface area contributed by atoms with E-state index in [0.29, 0.717) is 32.9 Å². The van der Waals surface area contributed by atoms with Crippen molar-refractivity contribution in [3.8, 4) is 95.5 Å². The zero-order valence-electron chi connectivity index (χ0n) is 97.8. The highest BCUT2D eigenvalue weighted by molar-refractivity contribution is 7.20. The molecule has 0 radical (unpaired) electrons. The number of fused-ring (bicyclic) bond motifs is 4. The van der Waals surface area contributed by atoms with Gasteiger partial charge in [-0.2, -0.15) is 0 Å². The molecule has 0 atom stereocenters. The summed E-state index contributed by atoms with van der Waals surface area (Å²) in [7, 11) is -7.05. The Bertz CT molecular complexity index is 8150. The average molecular weight is 1410 g/mol. The van der Waals surface area contributed by atoms with Crippen LogP contribution in [0, 0.1) is 13.2 Å². The number of hydrogen-bond donors (Lipinski definition) is 0. The van der Waals surface area contributed by atoms with Gasteiger partial charge in [0, 0.05) is 32.7 Å². The predicted octanol–water partition coefficient (Wildman–Crippen LogP) is 22.3. The molecule has 0 saturated heterocycles. The van der Waals surface area contributed by atoms with Crippen molar-refractivity contribution in [2.75, 3.05) is 0 Å². The number of hydrogen-bond acceptors (Lipinski definition) is 2. The summed E-state index contributed by atoms with van der Waals surface area (Å²) < 4.78 is 405. The van der Waals surface area contributed by atoms with Crippen molar-refractivity contribution in [2.45, 2.75) is 59.2 Å². The van der Waals surface area contributed by atoms with E-state index in [1.54, 1.807) is 59.2 Å². The summed E-state index contributed by atoms with van der Waals surface area (Å²) in [5.41, 5.74) is -8.20. The van der Waals surface area contributed by atoms with E-state index in [2.05, 4.69) is 6.33 Å². The molecule has 506 valence electrons. The smallest absolute Gasteiger partial charge is 0.269 e. The fourth-order valence-corrected chi connectivity index (χ4v) is 17.2. The van der Waals surface area contributed by atoms with Gasteiger partial charge in [0.25, 0.3) is 6.33 Å². The molecule has 105 heavy (non-hydrogen) atoms. The van der Waals surface area contributed by atoms with Gasteiger partial charge in [-0.1, -0.05) is 314 Å². The average Bonchev–Trinajstić information content (AvgIpc) is 0.855. The summed E-state index contributed by atoms with van der Waals surface area (Å²) in [5, 5.41) is -3.52. The number of rotatable bonds is 15. The third-order valence-electron chi connectivity index (χ3n) is 18.2. The lowest BCUT2D eigenvalue weighted by molar-refractivity contribution is -0.570. The molecule has 0 unspecified atom stereocenters. The molecule has 0 saturated carbocycles. The summed E-state index contributed by atoms with van der Waals surface area (Å²) in [5.74, 6) is 0.0383. The molecule has 3 heterocycles. The SMILES string of the molecule is [2H]c1c([2H])c([2H])c(-c2cc(-c3c([2H])c(-c4c([2H])c([2H])c([2H])c([2H])c4[2H])c([2H])c(-c4c([2H])c([2H])c([2H])c([2H])c4[2H])c3[2H])c(-[n+]3[c-]n(-c4cccc(Oc5ccc6c7ccccc7n(-c7cc(C([2H])([2H])[2H])c(-c8c([2H])c([2H])c([2H])c([2H])c8[2H])cn7)c6c5)c4)c4cc(-c5cc(C(C)(C)C)cc(C(C)(C)C)c5)ccc43)c([Si](c3c([2H])c([2H])c([2H])c([2H])c3[2H])(c3c([2H])c([2H])c([2H])c([2H])c3[2H])c3c([2H])c([2H])c([2H])c([2H])c3[2H])c2)c([2H])c1[2H]. The Morgan fingerprint density at radius 1 is 0.410 bits per heavy atom. The van der Waals surface area contributed by atoms with Crippen LogP contribution in [0.15, 0.2) is 357 Å². The van der Waals surface area contributed by atoms with Gasteiger partial charge >= 0.3 is 0 Å². The molecule has 0 spiro atoms. The van der Waals surface area contributed by atoms with Crippen molar-refractivity contribution in [1.82, 2.24) is 14.1 Å². The third kappa shape index (κ3) is 12.4. The Hall–Kier alpha value is -12.5. The highest BCUT2D eigenvalue weighted by atomic mass is 28.3. The number of aromatic nitrogens is 4. The Morgan fingerprint density at radius 3 is 1.50 bits per heavy atom. The van der Waals surface area contributed by atoms with E-state index >= 15 is 0 Å². The van der Waals surface area contributed by atoms with Gasteiger partial charge in [-0.25, -0.2) is 4.98 Å². The van der Waals surface area contributed by atoms with E-state index in [4.69, 9.17) is 24.8 Å². The second-order valence-corrected chi connectivity index (χ2v) is 30.2. The maximum absolute atomic E-state index is 11.1. The first-order valence-electron chi connectivity index (χ1n) is 53.5. The van der Waals surface area contributed by atoms with Crippen LogP contribution in [0.4, 0.5) is 0 Å². The molecule has 0 N–H and O–H groups in total. The van der Waals surface area contributed by atoms with Gasteiger partial charge in [0.05, 0.1) is 85.5 Å². The van der Waals surface area contributed by atoms with E-state index in [-0.39, 0.29) is 39.6 Å². The predicted molar refractivity (Wildman–Crippen MR) is 441 cm³/mol. The minimum Gasteiger partial charge on any atom is -0.458 e. The summed E-state index contributed by atoms with van der Waals surface area (Å²) in [6.45, 7) is 8.94. The number of nitrogens with zero attached hydrogens (tertiary/aromatic N) is 4. The van der Waals surface area contributed by atoms with Crippen molar-refractivity contribution < 1.29 is 65.5 Å². The normalized spacial score (nSPS) is 17.6. The lowest BCUT2D eigenvalue weighted by Gasteiger charge is -2.37. The Labute approximate surface area is 674 Å². The Morgan fingerprint density at radius 2 is 0.924 bits per heavy atom. The molecule has 6 heteroatoms. The Balaban J connectivity index is 1.11. The number of imidazole rings is 1. The maximum atomic E-state index is 11.1. The minimum atomic E-state index is -7.05. The second kappa shape index (κ2) is 27.0. The van der Waals surface area contributed by atoms with Crippen molar-refractivity contribution in [2.24, 2.45) is 0 Å². The first-order chi connectivity index (χ1) is 68.2. The molecule has 0 aliphatic carbocycles. The monoisotopic (exact) mass is 1410 g/mol. The van der Waals surface area contributed by atoms with Crippen LogP contribution in [-0.2, 0) is 10.8 Å².